The molecule has 140 valence electrons. The Labute approximate surface area is 161 Å². The molecule has 0 fully saturated rings. The lowest BCUT2D eigenvalue weighted by atomic mass is 10.1. The number of nitrogens with one attached hydrogen (secondary N) is 3. The molecule has 0 spiro atoms. The molecule has 0 heterocycles. The zero-order valence-electron chi connectivity index (χ0n) is 14.8. The van der Waals surface area contributed by atoms with Crippen LogP contribution in [0.25, 0.3) is 0 Å². The third-order valence-electron chi connectivity index (χ3n) is 3.88. The van der Waals surface area contributed by atoms with Crippen molar-refractivity contribution in [1.82, 2.24) is 0 Å². The van der Waals surface area contributed by atoms with Gasteiger partial charge in [0.1, 0.15) is 0 Å². The van der Waals surface area contributed by atoms with Gasteiger partial charge < -0.3 is 21.7 Å². The Morgan fingerprint density at radius 2 is 1.21 bits per heavy atom. The number of primary amides is 1. The summed E-state index contributed by atoms with van der Waals surface area (Å²) in [6.45, 7) is 0. The summed E-state index contributed by atoms with van der Waals surface area (Å²) >= 11 is 0. The Kier molecular flexibility index (Phi) is 5.66. The van der Waals surface area contributed by atoms with E-state index in [4.69, 9.17) is 5.73 Å². The summed E-state index contributed by atoms with van der Waals surface area (Å²) in [5.74, 6) is -1.02. The second kappa shape index (κ2) is 8.50. The number of para-hydroxylation sites is 2. The summed E-state index contributed by atoms with van der Waals surface area (Å²) in [7, 11) is 0. The summed E-state index contributed by atoms with van der Waals surface area (Å²) in [5, 5.41) is 8.05. The molecule has 0 aliphatic rings. The predicted molar refractivity (Wildman–Crippen MR) is 108 cm³/mol. The van der Waals surface area contributed by atoms with Gasteiger partial charge in [-0.1, -0.05) is 30.3 Å². The van der Waals surface area contributed by atoms with Gasteiger partial charge in [0.05, 0.1) is 11.3 Å². The largest absolute Gasteiger partial charge is 0.366 e. The second-order valence-corrected chi connectivity index (χ2v) is 5.89. The van der Waals surface area contributed by atoms with Crippen molar-refractivity contribution in [3.05, 3.63) is 90.0 Å². The van der Waals surface area contributed by atoms with Crippen LogP contribution < -0.4 is 21.7 Å². The van der Waals surface area contributed by atoms with Gasteiger partial charge in [0.2, 0.25) is 0 Å². The maximum absolute atomic E-state index is 12.4. The van der Waals surface area contributed by atoms with Crippen molar-refractivity contribution in [2.75, 3.05) is 16.0 Å². The van der Waals surface area contributed by atoms with Crippen LogP contribution >= 0.6 is 0 Å². The number of hydrogen-bond acceptors (Lipinski definition) is 3. The monoisotopic (exact) mass is 374 g/mol. The fraction of sp³-hybridized carbons (Fsp3) is 0. The van der Waals surface area contributed by atoms with E-state index in [2.05, 4.69) is 16.0 Å². The van der Waals surface area contributed by atoms with Crippen LogP contribution in [0.1, 0.15) is 20.7 Å². The third kappa shape index (κ3) is 4.73. The molecule has 4 amide bonds. The molecule has 3 aromatic rings. The van der Waals surface area contributed by atoms with E-state index in [9.17, 15) is 14.4 Å². The molecule has 0 aliphatic heterocycles. The molecule has 0 unspecified atom stereocenters. The van der Waals surface area contributed by atoms with Gasteiger partial charge in [0.25, 0.3) is 11.8 Å². The topological polar surface area (TPSA) is 113 Å². The summed E-state index contributed by atoms with van der Waals surface area (Å²) < 4.78 is 0. The van der Waals surface area contributed by atoms with Crippen molar-refractivity contribution in [3.63, 3.8) is 0 Å². The molecule has 0 radical (unpaired) electrons. The van der Waals surface area contributed by atoms with Gasteiger partial charge in [-0.05, 0) is 48.5 Å². The highest BCUT2D eigenvalue weighted by atomic mass is 16.2. The molecule has 0 atom stereocenters. The fourth-order valence-corrected chi connectivity index (χ4v) is 2.52. The minimum absolute atomic E-state index is 0.228. The van der Waals surface area contributed by atoms with E-state index < -0.39 is 17.8 Å². The molecule has 0 aliphatic carbocycles. The highest BCUT2D eigenvalue weighted by Gasteiger charge is 2.12. The summed E-state index contributed by atoms with van der Waals surface area (Å²) in [4.78, 5) is 35.8. The predicted octanol–water partition coefficient (Wildman–Crippen LogP) is 3.68. The van der Waals surface area contributed by atoms with Crippen LogP contribution in [0.5, 0.6) is 0 Å². The third-order valence-corrected chi connectivity index (χ3v) is 3.88. The molecule has 0 aromatic heterocycles. The van der Waals surface area contributed by atoms with Gasteiger partial charge >= 0.3 is 6.03 Å². The van der Waals surface area contributed by atoms with Crippen LogP contribution in [0, 0.1) is 0 Å². The first-order valence-electron chi connectivity index (χ1n) is 8.46. The molecule has 7 heteroatoms. The number of carbonyl (C=O) groups is 3. The van der Waals surface area contributed by atoms with Gasteiger partial charge in [-0.3, -0.25) is 9.59 Å². The van der Waals surface area contributed by atoms with Crippen molar-refractivity contribution in [3.8, 4) is 0 Å². The first kappa shape index (κ1) is 18.7. The molecule has 3 aromatic carbocycles. The normalized spacial score (nSPS) is 10.0. The van der Waals surface area contributed by atoms with Crippen LogP contribution in [0.2, 0.25) is 0 Å². The molecule has 3 rings (SSSR count). The zero-order valence-corrected chi connectivity index (χ0v) is 14.8. The highest BCUT2D eigenvalue weighted by molar-refractivity contribution is 6.09. The van der Waals surface area contributed by atoms with Gasteiger partial charge in [-0.2, -0.15) is 0 Å². The van der Waals surface area contributed by atoms with Gasteiger partial charge in [0, 0.05) is 16.9 Å². The van der Waals surface area contributed by atoms with Crippen LogP contribution in [0.4, 0.5) is 21.9 Å². The van der Waals surface area contributed by atoms with Crippen molar-refractivity contribution in [1.29, 1.82) is 0 Å². The molecule has 5 N–H and O–H groups in total. The van der Waals surface area contributed by atoms with Crippen molar-refractivity contribution in [2.45, 2.75) is 0 Å². The number of anilines is 3. The molecule has 0 saturated heterocycles. The quantitative estimate of drug-likeness (QED) is 0.546. The number of rotatable bonds is 5. The molecule has 0 bridgehead atoms. The van der Waals surface area contributed by atoms with Crippen molar-refractivity contribution < 1.29 is 14.4 Å². The fourth-order valence-electron chi connectivity index (χ4n) is 2.52. The Hall–Kier alpha value is -4.13. The lowest BCUT2D eigenvalue weighted by Crippen LogP contribution is -2.20. The van der Waals surface area contributed by atoms with E-state index in [0.29, 0.717) is 22.6 Å². The Balaban J connectivity index is 1.63. The van der Waals surface area contributed by atoms with Gasteiger partial charge in [-0.15, -0.1) is 0 Å². The Bertz CT molecular complexity index is 1000. The van der Waals surface area contributed by atoms with Crippen LogP contribution in [0.15, 0.2) is 78.9 Å². The van der Waals surface area contributed by atoms with Crippen molar-refractivity contribution in [2.24, 2.45) is 5.73 Å². The number of amides is 4. The summed E-state index contributed by atoms with van der Waals surface area (Å²) in [6.07, 6.45) is 0. The highest BCUT2D eigenvalue weighted by Crippen LogP contribution is 2.17. The molecular formula is C21H18N4O3. The Morgan fingerprint density at radius 1 is 0.643 bits per heavy atom. The maximum Gasteiger partial charge on any atom is 0.323 e. The smallest absolute Gasteiger partial charge is 0.323 e. The van der Waals surface area contributed by atoms with Crippen molar-refractivity contribution >= 4 is 34.9 Å². The van der Waals surface area contributed by atoms with E-state index in [1.807, 2.05) is 18.2 Å². The zero-order chi connectivity index (χ0) is 19.9. The minimum Gasteiger partial charge on any atom is -0.366 e. The standard InChI is InChI=1S/C21H18N4O3/c22-19(26)17-8-4-5-9-18(17)25-20(27)14-10-12-16(13-11-14)24-21(28)23-15-6-2-1-3-7-15/h1-13H,(H2,22,26)(H,25,27)(H2,23,24,28). The van der Waals surface area contributed by atoms with Crippen LogP contribution in [-0.4, -0.2) is 17.8 Å². The average Bonchev–Trinajstić information content (AvgIpc) is 2.69. The molecule has 0 saturated carbocycles. The van der Waals surface area contributed by atoms with Gasteiger partial charge in [-0.25, -0.2) is 4.79 Å². The first-order chi connectivity index (χ1) is 13.5. The van der Waals surface area contributed by atoms with E-state index in [-0.39, 0.29) is 5.56 Å². The first-order valence-corrected chi connectivity index (χ1v) is 8.46. The number of urea groups is 1. The SMILES string of the molecule is NC(=O)c1ccccc1NC(=O)c1ccc(NC(=O)Nc2ccccc2)cc1. The van der Waals surface area contributed by atoms with E-state index in [1.54, 1.807) is 54.6 Å². The number of hydrogen-bond donors (Lipinski definition) is 4. The van der Waals surface area contributed by atoms with Gasteiger partial charge in [0.15, 0.2) is 0 Å². The van der Waals surface area contributed by atoms with Crippen LogP contribution in [0.3, 0.4) is 0 Å². The molecular weight excluding hydrogens is 356 g/mol. The summed E-state index contributed by atoms with van der Waals surface area (Å²) in [6, 6.07) is 21.5. The Morgan fingerprint density at radius 3 is 1.86 bits per heavy atom. The van der Waals surface area contributed by atoms with E-state index >= 15 is 0 Å². The number of benzene rings is 3. The van der Waals surface area contributed by atoms with E-state index in [0.717, 1.165) is 0 Å². The van der Waals surface area contributed by atoms with E-state index in [1.165, 1.54) is 6.07 Å². The number of nitrogens with two attached hydrogens (primary N) is 1. The number of carbonyl (C=O) groups excluding carboxylic acids is 3. The maximum atomic E-state index is 12.4. The lowest BCUT2D eigenvalue weighted by molar-refractivity contribution is 0.100. The summed E-state index contributed by atoms with van der Waals surface area (Å²) in [5.41, 5.74) is 7.45. The average molecular weight is 374 g/mol. The molecule has 28 heavy (non-hydrogen) atoms. The minimum atomic E-state index is -0.625. The molecule has 7 nitrogen and oxygen atoms in total. The van der Waals surface area contributed by atoms with Crippen LogP contribution in [-0.2, 0) is 0 Å². The lowest BCUT2D eigenvalue weighted by Gasteiger charge is -2.10. The second-order valence-electron chi connectivity index (χ2n) is 5.89.